The average Bonchev–Trinajstić information content (AvgIpc) is 0.762. The number of quaternary nitrogens is 2. The molecule has 15 heteroatoms. The number of carboxylic acid groups (broad SMARTS) is 3. The maximum atomic E-state index is 12.9. The first-order valence-electron chi connectivity index (χ1n) is 32.7. The van der Waals surface area contributed by atoms with Crippen molar-refractivity contribution in [3.63, 3.8) is 0 Å². The maximum Gasteiger partial charge on any atom is 0.339 e. The van der Waals surface area contributed by atoms with E-state index in [0.29, 0.717) is 77.4 Å². The van der Waals surface area contributed by atoms with Gasteiger partial charge in [0.2, 0.25) is 0 Å². The van der Waals surface area contributed by atoms with Crippen molar-refractivity contribution in [3.8, 4) is 67.9 Å². The molecule has 0 radical (unpaired) electrons. The summed E-state index contributed by atoms with van der Waals surface area (Å²) in [5.74, 6) is -5.44. The first-order valence-corrected chi connectivity index (χ1v) is 32.7. The highest BCUT2D eigenvalue weighted by Crippen LogP contribution is 2.49. The Morgan fingerprint density at radius 1 is 0.304 bits per heavy atom. The first-order chi connectivity index (χ1) is 49.1. The predicted octanol–water partition coefficient (Wildman–Crippen LogP) is 16.7. The van der Waals surface area contributed by atoms with E-state index in [9.17, 15) is 60.3 Å². The van der Waals surface area contributed by atoms with E-state index in [1.807, 2.05) is 153 Å². The SMILES string of the molecule is C[C@H](N)c1ccccc1.C[C@H]([NH3+])c1ccccc1.C[C@H]([NH3+])c1ccccc1.O=C(O)c1cc2ccccc2c(-c2c(O)ccc3ccccc23)c1O.O=C(O)c1cc2ccccc2c(-c2c(O)ccc3ccccc23)c1[O-].O=C(O)c1cc2ccccc2c(-c2c(O)ccc3ccccc23)c1[O-]. The molecular weight excluding hydrogens is 1280 g/mol. The molecule has 0 aromatic heterocycles. The minimum absolute atomic E-state index is 0.0123. The summed E-state index contributed by atoms with van der Waals surface area (Å²) in [5.41, 5.74) is 18.3. The second-order valence-corrected chi connectivity index (χ2v) is 24.3. The minimum atomic E-state index is -1.28. The number of fused-ring (bicyclic) bond motifs is 6. The molecule has 0 heterocycles. The lowest BCUT2D eigenvalue weighted by Crippen LogP contribution is -2.51. The molecule has 0 spiro atoms. The summed E-state index contributed by atoms with van der Waals surface area (Å²) in [7, 11) is 0. The standard InChI is InChI=1S/3C21H14O4.3C8H11N/c3*22-17-10-9-12-5-1-3-7-14(12)18(17)19-15-8-4-2-6-13(15)11-16(20(19)23)21(24)25;3*1-7(9)8-5-3-2-4-6-8/h3*1-11,22-23H,(H,24,25);3*2-7H,9H2,1H3/t;;;3*7-/m...000/s1. The van der Waals surface area contributed by atoms with Gasteiger partial charge in [-0.2, -0.15) is 0 Å². The summed E-state index contributed by atoms with van der Waals surface area (Å²) in [6.07, 6.45) is 0. The van der Waals surface area contributed by atoms with Crippen LogP contribution in [-0.4, -0.2) is 53.7 Å². The summed E-state index contributed by atoms with van der Waals surface area (Å²) in [6, 6.07) is 89.3. The van der Waals surface area contributed by atoms with Crippen LogP contribution in [0.4, 0.5) is 0 Å². The van der Waals surface area contributed by atoms with E-state index in [-0.39, 0.29) is 56.9 Å². The molecule has 0 unspecified atom stereocenters. The van der Waals surface area contributed by atoms with E-state index in [1.165, 1.54) is 47.0 Å². The highest BCUT2D eigenvalue weighted by atomic mass is 16.4. The van der Waals surface area contributed by atoms with Crippen molar-refractivity contribution in [3.05, 3.63) is 325 Å². The Balaban J connectivity index is 0.000000139. The third-order valence-corrected chi connectivity index (χ3v) is 17.3. The van der Waals surface area contributed by atoms with Gasteiger partial charge in [-0.15, -0.1) is 0 Å². The van der Waals surface area contributed by atoms with Gasteiger partial charge in [-0.05, 0) is 138 Å². The highest BCUT2D eigenvalue weighted by molar-refractivity contribution is 6.16. The fraction of sp³-hybridized carbons (Fsp3) is 0.0690. The number of nitrogens with two attached hydrogens (primary N) is 1. The van der Waals surface area contributed by atoms with E-state index in [4.69, 9.17) is 5.73 Å². The molecule has 3 atom stereocenters. The Labute approximate surface area is 588 Å². The zero-order chi connectivity index (χ0) is 72.7. The summed E-state index contributed by atoms with van der Waals surface area (Å²) in [4.78, 5) is 34.6. The lowest BCUT2D eigenvalue weighted by Gasteiger charge is -2.22. The third-order valence-electron chi connectivity index (χ3n) is 17.3. The number of phenols is 4. The van der Waals surface area contributed by atoms with Gasteiger partial charge in [0, 0.05) is 39.4 Å². The quantitative estimate of drug-likeness (QED) is 0.0643. The van der Waals surface area contributed by atoms with Gasteiger partial charge in [0.15, 0.2) is 0 Å². The fourth-order valence-corrected chi connectivity index (χ4v) is 12.1. The van der Waals surface area contributed by atoms with Crippen LogP contribution in [0.15, 0.2) is 291 Å². The van der Waals surface area contributed by atoms with Crippen molar-refractivity contribution in [1.29, 1.82) is 0 Å². The maximum absolute atomic E-state index is 12.9. The molecule has 15 aromatic carbocycles. The van der Waals surface area contributed by atoms with Crippen molar-refractivity contribution in [2.75, 3.05) is 0 Å². The molecule has 0 fully saturated rings. The zero-order valence-corrected chi connectivity index (χ0v) is 56.1. The van der Waals surface area contributed by atoms with Gasteiger partial charge in [0.05, 0.1) is 11.1 Å². The number of carboxylic acids is 3. The van der Waals surface area contributed by atoms with Crippen molar-refractivity contribution >= 4 is 82.5 Å². The minimum Gasteiger partial charge on any atom is -0.871 e. The second-order valence-electron chi connectivity index (χ2n) is 24.3. The van der Waals surface area contributed by atoms with Crippen LogP contribution < -0.4 is 27.4 Å². The number of hydrogen-bond donors (Lipinski definition) is 10. The van der Waals surface area contributed by atoms with Crippen LogP contribution in [0.3, 0.4) is 0 Å². The van der Waals surface area contributed by atoms with Gasteiger partial charge in [0.25, 0.3) is 0 Å². The molecule has 0 amide bonds. The topological polar surface area (TPSA) is 320 Å². The smallest absolute Gasteiger partial charge is 0.339 e. The molecule has 102 heavy (non-hydrogen) atoms. The van der Waals surface area contributed by atoms with Crippen molar-refractivity contribution in [2.45, 2.75) is 38.9 Å². The average molecular weight is 1350 g/mol. The van der Waals surface area contributed by atoms with Crippen LogP contribution in [-0.2, 0) is 0 Å². The Morgan fingerprint density at radius 3 is 0.804 bits per heavy atom. The lowest BCUT2D eigenvalue weighted by molar-refractivity contribution is -0.420. The van der Waals surface area contributed by atoms with Crippen LogP contribution >= 0.6 is 0 Å². The number of hydrogen-bond acceptors (Lipinski definition) is 10. The van der Waals surface area contributed by atoms with Crippen molar-refractivity contribution < 1.29 is 71.8 Å². The van der Waals surface area contributed by atoms with Gasteiger partial charge >= 0.3 is 17.9 Å². The van der Waals surface area contributed by atoms with Crippen LogP contribution in [0.1, 0.15) is 86.7 Å². The van der Waals surface area contributed by atoms with Crippen LogP contribution in [0.25, 0.3) is 98.0 Å². The molecule has 0 saturated heterocycles. The normalized spacial score (nSPS) is 11.6. The Hall–Kier alpha value is -13.1. The van der Waals surface area contributed by atoms with Gasteiger partial charge in [-0.1, -0.05) is 266 Å². The number of rotatable bonds is 9. The predicted molar refractivity (Wildman–Crippen MR) is 402 cm³/mol. The molecule has 0 aliphatic carbocycles. The van der Waals surface area contributed by atoms with Crippen LogP contribution in [0.5, 0.6) is 34.5 Å². The third kappa shape index (κ3) is 16.1. The molecule has 0 aliphatic heterocycles. The molecule has 0 saturated carbocycles. The van der Waals surface area contributed by atoms with Crippen molar-refractivity contribution in [1.82, 2.24) is 0 Å². The number of aromatic hydroxyl groups is 4. The Bertz CT molecular complexity index is 4970. The van der Waals surface area contributed by atoms with E-state index in [1.54, 1.807) is 91.0 Å². The van der Waals surface area contributed by atoms with Gasteiger partial charge in [-0.3, -0.25) is 0 Å². The fourth-order valence-electron chi connectivity index (χ4n) is 12.1. The Kier molecular flexibility index (Phi) is 22.9. The highest BCUT2D eigenvalue weighted by Gasteiger charge is 2.24. The van der Waals surface area contributed by atoms with Gasteiger partial charge < -0.3 is 63.2 Å². The molecule has 0 aliphatic rings. The zero-order valence-electron chi connectivity index (χ0n) is 56.1. The molecule has 15 rings (SSSR count). The molecule has 15 aromatic rings. The summed E-state index contributed by atoms with van der Waals surface area (Å²) in [5, 5.41) is 105. The van der Waals surface area contributed by atoms with Crippen LogP contribution in [0.2, 0.25) is 0 Å². The number of carbonyl (C=O) groups is 3. The van der Waals surface area contributed by atoms with E-state index in [0.717, 1.165) is 21.5 Å². The summed E-state index contributed by atoms with van der Waals surface area (Å²) in [6.45, 7) is 6.17. The number of phenolic OH excluding ortho intramolecular Hbond substituents is 3. The molecule has 510 valence electrons. The molecule has 15 nitrogen and oxygen atoms in total. The number of benzene rings is 15. The lowest BCUT2D eigenvalue weighted by atomic mass is 9.90. The molecule has 0 bridgehead atoms. The monoisotopic (exact) mass is 1350 g/mol. The van der Waals surface area contributed by atoms with Crippen LogP contribution in [0, 0.1) is 0 Å². The largest absolute Gasteiger partial charge is 0.871 e. The van der Waals surface area contributed by atoms with E-state index < -0.39 is 29.4 Å². The number of aromatic carboxylic acids is 3. The van der Waals surface area contributed by atoms with Crippen molar-refractivity contribution in [2.24, 2.45) is 5.73 Å². The first kappa shape index (κ1) is 71.7. The molecular formula is C87H75N3O12. The summed E-state index contributed by atoms with van der Waals surface area (Å²) >= 11 is 0. The van der Waals surface area contributed by atoms with E-state index >= 15 is 0 Å². The van der Waals surface area contributed by atoms with E-state index in [2.05, 4.69) is 49.6 Å². The summed E-state index contributed by atoms with van der Waals surface area (Å²) < 4.78 is 0. The second kappa shape index (κ2) is 32.5. The Morgan fingerprint density at radius 2 is 0.539 bits per heavy atom. The van der Waals surface area contributed by atoms with Gasteiger partial charge in [-0.25, -0.2) is 14.4 Å². The van der Waals surface area contributed by atoms with Gasteiger partial charge in [0.1, 0.15) is 40.6 Å². The molecule has 15 N–H and O–H groups in total.